The van der Waals surface area contributed by atoms with Crippen LogP contribution in [0.25, 0.3) is 0 Å². The third-order valence-corrected chi connectivity index (χ3v) is 3.50. The fourth-order valence-corrected chi connectivity index (χ4v) is 2.48. The Morgan fingerprint density at radius 1 is 1.29 bits per heavy atom. The van der Waals surface area contributed by atoms with Crippen molar-refractivity contribution in [3.8, 4) is 6.07 Å². The third kappa shape index (κ3) is 3.31. The largest absolute Gasteiger partial charge is 0.326 e. The summed E-state index contributed by atoms with van der Waals surface area (Å²) in [5.74, 6) is -0.387. The normalized spacial score (nSPS) is 13.0. The van der Waals surface area contributed by atoms with Gasteiger partial charge in [0.2, 0.25) is 11.8 Å². The van der Waals surface area contributed by atoms with Gasteiger partial charge in [0.1, 0.15) is 0 Å². The number of nitrogens with zero attached hydrogens (tertiary/aromatic N) is 2. The number of anilines is 2. The van der Waals surface area contributed by atoms with Gasteiger partial charge in [0.25, 0.3) is 0 Å². The van der Waals surface area contributed by atoms with E-state index in [0.717, 1.165) is 5.56 Å². The van der Waals surface area contributed by atoms with Gasteiger partial charge >= 0.3 is 0 Å². The first-order valence-corrected chi connectivity index (χ1v) is 7.35. The molecule has 6 nitrogen and oxygen atoms in total. The van der Waals surface area contributed by atoms with Crippen LogP contribution < -0.4 is 10.6 Å². The van der Waals surface area contributed by atoms with Gasteiger partial charge < -0.3 is 10.6 Å². The van der Waals surface area contributed by atoms with Crippen molar-refractivity contribution in [1.29, 1.82) is 5.26 Å². The van der Waals surface area contributed by atoms with Gasteiger partial charge in [-0.2, -0.15) is 5.26 Å². The van der Waals surface area contributed by atoms with Crippen LogP contribution in [-0.4, -0.2) is 17.5 Å². The van der Waals surface area contributed by atoms with Crippen LogP contribution >= 0.6 is 0 Å². The lowest BCUT2D eigenvalue weighted by atomic mass is 10.0. The van der Waals surface area contributed by atoms with Crippen molar-refractivity contribution in [1.82, 2.24) is 0 Å². The minimum absolute atomic E-state index is 0.110. The maximum absolute atomic E-state index is 12.2. The molecular weight excluding hydrogens is 304 g/mol. The number of carbonyl (C=O) groups excluding carboxylic acids is 2. The average molecular weight is 318 g/mol. The molecule has 0 spiro atoms. The van der Waals surface area contributed by atoms with E-state index in [4.69, 9.17) is 5.26 Å². The molecule has 0 radical (unpaired) electrons. The van der Waals surface area contributed by atoms with Crippen LogP contribution in [0.15, 0.2) is 47.5 Å². The highest BCUT2D eigenvalue weighted by atomic mass is 16.2. The van der Waals surface area contributed by atoms with E-state index in [2.05, 4.69) is 21.7 Å². The zero-order chi connectivity index (χ0) is 17.1. The predicted molar refractivity (Wildman–Crippen MR) is 91.3 cm³/mol. The number of benzene rings is 2. The molecule has 118 valence electrons. The molecule has 0 aromatic heterocycles. The van der Waals surface area contributed by atoms with Crippen LogP contribution in [0.4, 0.5) is 17.1 Å². The first kappa shape index (κ1) is 15.4. The number of aliphatic imine (C=N–C) groups is 1. The Bertz CT molecular complexity index is 909. The molecule has 0 atom stereocenters. The molecule has 0 aliphatic carbocycles. The smallest absolute Gasteiger partial charge is 0.230 e. The summed E-state index contributed by atoms with van der Waals surface area (Å²) in [6.07, 6.45) is 0.110. The molecule has 2 aromatic rings. The number of nitriles is 1. The zero-order valence-corrected chi connectivity index (χ0v) is 13.0. The fourth-order valence-electron chi connectivity index (χ4n) is 2.48. The molecule has 0 unspecified atom stereocenters. The first-order chi connectivity index (χ1) is 11.5. The number of hydrogen-bond acceptors (Lipinski definition) is 4. The molecule has 1 heterocycles. The van der Waals surface area contributed by atoms with Crippen molar-refractivity contribution in [2.24, 2.45) is 4.99 Å². The second-order valence-electron chi connectivity index (χ2n) is 5.39. The quantitative estimate of drug-likeness (QED) is 0.891. The predicted octanol–water partition coefficient (Wildman–Crippen LogP) is 2.98. The minimum atomic E-state index is -0.199. The Morgan fingerprint density at radius 3 is 2.88 bits per heavy atom. The van der Waals surface area contributed by atoms with E-state index in [0.29, 0.717) is 28.3 Å². The number of fused-ring (bicyclic) bond motifs is 1. The zero-order valence-electron chi connectivity index (χ0n) is 13.0. The van der Waals surface area contributed by atoms with Crippen molar-refractivity contribution in [3.05, 3.63) is 53.6 Å². The van der Waals surface area contributed by atoms with E-state index in [1.165, 1.54) is 6.92 Å². The van der Waals surface area contributed by atoms with Crippen LogP contribution in [0.3, 0.4) is 0 Å². The Balaban J connectivity index is 2.03. The van der Waals surface area contributed by atoms with E-state index in [9.17, 15) is 9.59 Å². The highest BCUT2D eigenvalue weighted by Crippen LogP contribution is 2.31. The van der Waals surface area contributed by atoms with Gasteiger partial charge in [-0.25, -0.2) is 0 Å². The van der Waals surface area contributed by atoms with Gasteiger partial charge in [-0.15, -0.1) is 0 Å². The second-order valence-corrected chi connectivity index (χ2v) is 5.39. The summed E-state index contributed by atoms with van der Waals surface area (Å²) in [5, 5.41) is 14.5. The summed E-state index contributed by atoms with van der Waals surface area (Å²) in [6, 6.07) is 14.2. The first-order valence-electron chi connectivity index (χ1n) is 7.35. The molecule has 6 heteroatoms. The number of hydrogen-bond donors (Lipinski definition) is 2. The van der Waals surface area contributed by atoms with E-state index < -0.39 is 0 Å². The van der Waals surface area contributed by atoms with Crippen LogP contribution in [0.2, 0.25) is 0 Å². The minimum Gasteiger partial charge on any atom is -0.326 e. The molecule has 0 saturated heterocycles. The highest BCUT2D eigenvalue weighted by molar-refractivity contribution is 6.17. The molecular formula is C18H14N4O2. The molecule has 2 aromatic carbocycles. The van der Waals surface area contributed by atoms with Crippen LogP contribution in [-0.2, 0) is 9.59 Å². The van der Waals surface area contributed by atoms with Crippen molar-refractivity contribution in [2.75, 3.05) is 10.6 Å². The molecule has 1 aliphatic heterocycles. The fraction of sp³-hybridized carbons (Fsp3) is 0.111. The third-order valence-electron chi connectivity index (χ3n) is 3.50. The number of rotatable bonds is 2. The van der Waals surface area contributed by atoms with Crippen molar-refractivity contribution in [2.45, 2.75) is 13.3 Å². The maximum Gasteiger partial charge on any atom is 0.230 e. The average Bonchev–Trinajstić information content (AvgIpc) is 2.72. The monoisotopic (exact) mass is 318 g/mol. The lowest BCUT2D eigenvalue weighted by molar-refractivity contribution is -0.115. The summed E-state index contributed by atoms with van der Waals surface area (Å²) in [5.41, 5.74) is 3.58. The van der Waals surface area contributed by atoms with Crippen molar-refractivity contribution < 1.29 is 9.59 Å². The topological polar surface area (TPSA) is 94.4 Å². The Labute approximate surface area is 138 Å². The van der Waals surface area contributed by atoms with Gasteiger partial charge in [-0.3, -0.25) is 14.6 Å². The molecule has 3 rings (SSSR count). The second kappa shape index (κ2) is 6.34. The number of carbonyl (C=O) groups is 2. The Kier molecular flexibility index (Phi) is 4.08. The molecule has 0 saturated carbocycles. The van der Waals surface area contributed by atoms with E-state index in [1.54, 1.807) is 36.4 Å². The van der Waals surface area contributed by atoms with Gasteiger partial charge in [0.15, 0.2) is 0 Å². The molecule has 1 aliphatic rings. The number of amides is 2. The molecule has 0 bridgehead atoms. The van der Waals surface area contributed by atoms with Gasteiger partial charge in [-0.05, 0) is 35.9 Å². The van der Waals surface area contributed by atoms with Gasteiger partial charge in [0.05, 0.1) is 35.1 Å². The lowest BCUT2D eigenvalue weighted by Gasteiger charge is -2.08. The van der Waals surface area contributed by atoms with Crippen LogP contribution in [0.5, 0.6) is 0 Å². The highest BCUT2D eigenvalue weighted by Gasteiger charge is 2.18. The van der Waals surface area contributed by atoms with E-state index >= 15 is 0 Å². The van der Waals surface area contributed by atoms with Crippen LogP contribution in [0.1, 0.15) is 24.5 Å². The summed E-state index contributed by atoms with van der Waals surface area (Å²) in [7, 11) is 0. The Morgan fingerprint density at radius 2 is 2.12 bits per heavy atom. The van der Waals surface area contributed by atoms with Crippen LogP contribution in [0, 0.1) is 11.3 Å². The SMILES string of the molecule is CC(=O)Nc1ccc2c(c1)NC(=O)CC(c1cccc(C#N)c1)=N2. The van der Waals surface area contributed by atoms with E-state index in [-0.39, 0.29) is 18.2 Å². The molecule has 0 fully saturated rings. The summed E-state index contributed by atoms with van der Waals surface area (Å²) in [4.78, 5) is 27.9. The summed E-state index contributed by atoms with van der Waals surface area (Å²) >= 11 is 0. The standard InChI is InChI=1S/C18H14N4O2/c1-11(23)20-14-5-6-15-17(8-14)22-18(24)9-16(21-15)13-4-2-3-12(7-13)10-19/h2-8H,9H2,1H3,(H,20,23)(H,22,24). The summed E-state index contributed by atoms with van der Waals surface area (Å²) in [6.45, 7) is 1.42. The van der Waals surface area contributed by atoms with Gasteiger partial charge in [-0.1, -0.05) is 12.1 Å². The maximum atomic E-state index is 12.2. The van der Waals surface area contributed by atoms with Gasteiger partial charge in [0, 0.05) is 12.6 Å². The summed E-state index contributed by atoms with van der Waals surface area (Å²) < 4.78 is 0. The number of nitrogens with one attached hydrogen (secondary N) is 2. The van der Waals surface area contributed by atoms with E-state index in [1.807, 2.05) is 6.07 Å². The van der Waals surface area contributed by atoms with Crippen molar-refractivity contribution in [3.63, 3.8) is 0 Å². The molecule has 2 N–H and O–H groups in total. The Hall–Kier alpha value is -3.46. The molecule has 24 heavy (non-hydrogen) atoms. The van der Waals surface area contributed by atoms with Crippen molar-refractivity contribution >= 4 is 34.6 Å². The molecule has 2 amide bonds. The lowest BCUT2D eigenvalue weighted by Crippen LogP contribution is -2.15.